The van der Waals surface area contributed by atoms with Gasteiger partial charge >= 0.3 is 0 Å². The molecule has 1 aliphatic rings. The Balaban J connectivity index is 2.13. The zero-order chi connectivity index (χ0) is 13.4. The summed E-state index contributed by atoms with van der Waals surface area (Å²) >= 11 is 1.22. The summed E-state index contributed by atoms with van der Waals surface area (Å²) in [7, 11) is -6.65. The lowest BCUT2D eigenvalue weighted by molar-refractivity contribution is 0.564. The average Bonchev–Trinajstić information content (AvgIpc) is 2.84. The molecule has 0 bridgehead atoms. The van der Waals surface area contributed by atoms with Crippen LogP contribution in [0, 0.1) is 0 Å². The summed E-state index contributed by atoms with van der Waals surface area (Å²) in [6, 6.07) is 2.85. The Morgan fingerprint density at radius 2 is 2.17 bits per heavy atom. The number of sulfone groups is 1. The maximum absolute atomic E-state index is 12.0. The molecule has 2 rings (SSSR count). The summed E-state index contributed by atoms with van der Waals surface area (Å²) in [6.45, 7) is 1.96. The normalized spacial score (nSPS) is 23.3. The molecule has 18 heavy (non-hydrogen) atoms. The molecule has 1 fully saturated rings. The van der Waals surface area contributed by atoms with E-state index in [1.54, 1.807) is 12.1 Å². The molecule has 0 spiro atoms. The monoisotopic (exact) mass is 309 g/mol. The number of aryl methyl sites for hydroxylation is 1. The lowest BCUT2D eigenvalue weighted by atomic mass is 10.3. The summed E-state index contributed by atoms with van der Waals surface area (Å²) in [5.74, 6) is -0.0386. The molecule has 1 aromatic rings. The molecule has 1 N–H and O–H groups in total. The highest BCUT2D eigenvalue weighted by Gasteiger charge is 2.31. The van der Waals surface area contributed by atoms with Crippen molar-refractivity contribution >= 4 is 31.2 Å². The van der Waals surface area contributed by atoms with Crippen LogP contribution < -0.4 is 4.72 Å². The van der Waals surface area contributed by atoms with E-state index in [-0.39, 0.29) is 15.7 Å². The van der Waals surface area contributed by atoms with E-state index in [2.05, 4.69) is 4.72 Å². The van der Waals surface area contributed by atoms with Gasteiger partial charge in [0.05, 0.1) is 11.5 Å². The first-order chi connectivity index (χ1) is 8.32. The Kier molecular flexibility index (Phi) is 3.82. The van der Waals surface area contributed by atoms with E-state index in [0.29, 0.717) is 6.42 Å². The SMILES string of the molecule is CCc1ccc(S(=O)(=O)NC2CCS(=O)(=O)C2)s1. The van der Waals surface area contributed by atoms with Crippen molar-refractivity contribution in [3.8, 4) is 0 Å². The minimum atomic E-state index is -3.58. The van der Waals surface area contributed by atoms with Crippen LogP contribution in [0.1, 0.15) is 18.2 Å². The van der Waals surface area contributed by atoms with Gasteiger partial charge in [-0.1, -0.05) is 6.92 Å². The van der Waals surface area contributed by atoms with E-state index in [4.69, 9.17) is 0 Å². The Morgan fingerprint density at radius 3 is 2.67 bits per heavy atom. The first kappa shape index (κ1) is 14.0. The fourth-order valence-corrected chi connectivity index (χ4v) is 6.22. The third-order valence-corrected chi connectivity index (χ3v) is 7.81. The molecule has 1 saturated heterocycles. The number of thiophene rings is 1. The highest BCUT2D eigenvalue weighted by Crippen LogP contribution is 2.23. The third kappa shape index (κ3) is 3.11. The number of rotatable bonds is 4. The highest BCUT2D eigenvalue weighted by molar-refractivity contribution is 7.92. The van der Waals surface area contributed by atoms with Crippen LogP contribution in [0.3, 0.4) is 0 Å². The number of sulfonamides is 1. The minimum absolute atomic E-state index is 0.0604. The van der Waals surface area contributed by atoms with Crippen LogP contribution in [0.25, 0.3) is 0 Å². The molecular formula is C10H15NO4S3. The van der Waals surface area contributed by atoms with E-state index < -0.39 is 25.9 Å². The van der Waals surface area contributed by atoms with Gasteiger partial charge in [0.25, 0.3) is 0 Å². The van der Waals surface area contributed by atoms with Gasteiger partial charge in [0.2, 0.25) is 10.0 Å². The van der Waals surface area contributed by atoms with Gasteiger partial charge in [0, 0.05) is 10.9 Å². The van der Waals surface area contributed by atoms with Crippen molar-refractivity contribution < 1.29 is 16.8 Å². The molecule has 0 amide bonds. The zero-order valence-corrected chi connectivity index (χ0v) is 12.4. The van der Waals surface area contributed by atoms with E-state index in [0.717, 1.165) is 11.3 Å². The van der Waals surface area contributed by atoms with Crippen LogP contribution in [0.2, 0.25) is 0 Å². The molecule has 2 heterocycles. The summed E-state index contributed by atoms with van der Waals surface area (Å²) in [6.07, 6.45) is 1.14. The van der Waals surface area contributed by atoms with Crippen molar-refractivity contribution in [1.29, 1.82) is 0 Å². The highest BCUT2D eigenvalue weighted by atomic mass is 32.2. The standard InChI is InChI=1S/C10H15NO4S3/c1-2-9-3-4-10(16-9)18(14,15)11-8-5-6-17(12,13)7-8/h3-4,8,11H,2,5-7H2,1H3. The number of nitrogens with one attached hydrogen (secondary N) is 1. The lowest BCUT2D eigenvalue weighted by Crippen LogP contribution is -2.35. The summed E-state index contributed by atoms with van der Waals surface area (Å²) in [5, 5.41) is 0. The predicted molar refractivity (Wildman–Crippen MR) is 71.1 cm³/mol. The van der Waals surface area contributed by atoms with Gasteiger partial charge in [0.1, 0.15) is 4.21 Å². The second-order valence-corrected chi connectivity index (χ2v) is 9.63. The quantitative estimate of drug-likeness (QED) is 0.891. The fraction of sp³-hybridized carbons (Fsp3) is 0.600. The lowest BCUT2D eigenvalue weighted by Gasteiger charge is -2.09. The van der Waals surface area contributed by atoms with E-state index in [1.165, 1.54) is 11.3 Å². The average molecular weight is 309 g/mol. The second kappa shape index (κ2) is 4.92. The maximum Gasteiger partial charge on any atom is 0.250 e. The van der Waals surface area contributed by atoms with Gasteiger partial charge < -0.3 is 0 Å². The first-order valence-corrected chi connectivity index (χ1v) is 9.76. The summed E-state index contributed by atoms with van der Waals surface area (Å²) < 4.78 is 49.4. The molecule has 0 saturated carbocycles. The molecule has 102 valence electrons. The van der Waals surface area contributed by atoms with Crippen LogP contribution in [0.4, 0.5) is 0 Å². The van der Waals surface area contributed by atoms with Gasteiger partial charge in [-0.15, -0.1) is 11.3 Å². The predicted octanol–water partition coefficient (Wildman–Crippen LogP) is 0.776. The van der Waals surface area contributed by atoms with Crippen LogP contribution >= 0.6 is 11.3 Å². The van der Waals surface area contributed by atoms with Gasteiger partial charge in [-0.2, -0.15) is 0 Å². The van der Waals surface area contributed by atoms with E-state index in [1.807, 2.05) is 6.92 Å². The molecule has 1 atom stereocenters. The van der Waals surface area contributed by atoms with E-state index >= 15 is 0 Å². The van der Waals surface area contributed by atoms with Crippen LogP contribution in [0.5, 0.6) is 0 Å². The molecule has 1 aromatic heterocycles. The molecule has 0 aromatic carbocycles. The van der Waals surface area contributed by atoms with E-state index in [9.17, 15) is 16.8 Å². The van der Waals surface area contributed by atoms with Crippen molar-refractivity contribution in [2.24, 2.45) is 0 Å². The largest absolute Gasteiger partial charge is 0.250 e. The van der Waals surface area contributed by atoms with Crippen LogP contribution in [-0.4, -0.2) is 34.4 Å². The van der Waals surface area contributed by atoms with Crippen molar-refractivity contribution in [3.05, 3.63) is 17.0 Å². The van der Waals surface area contributed by atoms with Gasteiger partial charge in [0.15, 0.2) is 9.84 Å². The molecular weight excluding hydrogens is 294 g/mol. The third-order valence-electron chi connectivity index (χ3n) is 2.80. The van der Waals surface area contributed by atoms with Gasteiger partial charge in [-0.05, 0) is 25.0 Å². The summed E-state index contributed by atoms with van der Waals surface area (Å²) in [4.78, 5) is 0.995. The topological polar surface area (TPSA) is 80.3 Å². The van der Waals surface area contributed by atoms with Gasteiger partial charge in [-0.25, -0.2) is 21.6 Å². The van der Waals surface area contributed by atoms with Crippen molar-refractivity contribution in [3.63, 3.8) is 0 Å². The molecule has 5 nitrogen and oxygen atoms in total. The van der Waals surface area contributed by atoms with Crippen molar-refractivity contribution in [1.82, 2.24) is 4.72 Å². The fourth-order valence-electron chi connectivity index (χ4n) is 1.86. The molecule has 0 radical (unpaired) electrons. The van der Waals surface area contributed by atoms with Crippen molar-refractivity contribution in [2.45, 2.75) is 30.0 Å². The van der Waals surface area contributed by atoms with Crippen LogP contribution in [0.15, 0.2) is 16.3 Å². The number of hydrogen-bond donors (Lipinski definition) is 1. The summed E-state index contributed by atoms with van der Waals surface area (Å²) in [5.41, 5.74) is 0. The molecule has 1 unspecified atom stereocenters. The Hall–Kier alpha value is -0.440. The number of hydrogen-bond acceptors (Lipinski definition) is 5. The Bertz CT molecular complexity index is 630. The maximum atomic E-state index is 12.0. The molecule has 0 aliphatic carbocycles. The molecule has 1 aliphatic heterocycles. The molecule has 8 heteroatoms. The first-order valence-electron chi connectivity index (χ1n) is 5.64. The smallest absolute Gasteiger partial charge is 0.229 e. The Morgan fingerprint density at radius 1 is 1.44 bits per heavy atom. The Labute approximate surface area is 111 Å². The second-order valence-electron chi connectivity index (χ2n) is 4.30. The van der Waals surface area contributed by atoms with Crippen LogP contribution in [-0.2, 0) is 26.3 Å². The van der Waals surface area contributed by atoms with Crippen molar-refractivity contribution in [2.75, 3.05) is 11.5 Å². The zero-order valence-electron chi connectivity index (χ0n) is 9.92. The van der Waals surface area contributed by atoms with Gasteiger partial charge in [-0.3, -0.25) is 0 Å². The minimum Gasteiger partial charge on any atom is -0.229 e.